The Morgan fingerprint density at radius 1 is 1.48 bits per heavy atom. The fourth-order valence-electron chi connectivity index (χ4n) is 2.91. The number of aliphatic hydroxyl groups is 1. The van der Waals surface area contributed by atoms with Gasteiger partial charge in [0.2, 0.25) is 0 Å². The second kappa shape index (κ2) is 5.66. The molecule has 3 rings (SSSR count). The predicted octanol–water partition coefficient (Wildman–Crippen LogP) is 2.22. The van der Waals surface area contributed by atoms with Crippen molar-refractivity contribution in [2.75, 3.05) is 13.2 Å². The minimum atomic E-state index is -0.121. The van der Waals surface area contributed by atoms with Crippen LogP contribution in [0.1, 0.15) is 30.3 Å². The van der Waals surface area contributed by atoms with E-state index >= 15 is 0 Å². The van der Waals surface area contributed by atoms with Gasteiger partial charge in [0.05, 0.1) is 0 Å². The lowest BCUT2D eigenvalue weighted by atomic mass is 9.94. The number of nitrogens with zero attached hydrogens (tertiary/aromatic N) is 3. The highest BCUT2D eigenvalue weighted by Gasteiger charge is 2.32. The van der Waals surface area contributed by atoms with E-state index in [9.17, 15) is 9.90 Å². The zero-order chi connectivity index (χ0) is 15.0. The number of likely N-dealkylation sites (tertiary alicyclic amines) is 1. The van der Waals surface area contributed by atoms with Crippen molar-refractivity contribution in [3.8, 4) is 0 Å². The van der Waals surface area contributed by atoms with Crippen molar-refractivity contribution >= 4 is 23.2 Å². The molecule has 1 amide bonds. The highest BCUT2D eigenvalue weighted by Crippen LogP contribution is 2.26. The number of aliphatic hydroxyl groups excluding tert-OH is 1. The summed E-state index contributed by atoms with van der Waals surface area (Å²) in [7, 11) is 0. The second-order valence-corrected chi connectivity index (χ2v) is 5.97. The van der Waals surface area contributed by atoms with Crippen LogP contribution >= 0.6 is 11.6 Å². The normalized spacial score (nSPS) is 22.7. The topological polar surface area (TPSA) is 57.8 Å². The number of rotatable bonds is 2. The molecule has 21 heavy (non-hydrogen) atoms. The van der Waals surface area contributed by atoms with Crippen molar-refractivity contribution < 1.29 is 9.90 Å². The molecule has 6 heteroatoms. The smallest absolute Gasteiger partial charge is 0.274 e. The van der Waals surface area contributed by atoms with Crippen molar-refractivity contribution in [1.29, 1.82) is 0 Å². The lowest BCUT2D eigenvalue weighted by molar-refractivity contribution is 0.0482. The molecule has 0 spiro atoms. The molecule has 5 nitrogen and oxygen atoms in total. The molecule has 2 aromatic heterocycles. The molecule has 0 saturated carbocycles. The molecule has 1 N–H and O–H groups in total. The van der Waals surface area contributed by atoms with E-state index in [1.165, 1.54) is 0 Å². The summed E-state index contributed by atoms with van der Waals surface area (Å²) >= 11 is 6.17. The number of fused-ring (bicyclic) bond motifs is 1. The molecular weight excluding hydrogens is 290 g/mol. The predicted molar refractivity (Wildman–Crippen MR) is 80.5 cm³/mol. The fraction of sp³-hybridized carbons (Fsp3) is 0.467. The van der Waals surface area contributed by atoms with Gasteiger partial charge in [0.1, 0.15) is 5.65 Å². The largest absolute Gasteiger partial charge is 0.396 e. The summed E-state index contributed by atoms with van der Waals surface area (Å²) in [6.07, 6.45) is 3.63. The molecular formula is C15H18ClN3O2. The van der Waals surface area contributed by atoms with E-state index in [-0.39, 0.29) is 29.6 Å². The molecule has 0 bridgehead atoms. The lowest BCUT2D eigenvalue weighted by Crippen LogP contribution is -2.46. The standard InChI is InChI=1S/C15H18ClN3O2/c1-10-5-6-11(9-20)8-19(10)15(21)13-14(16)17-12-4-2-3-7-18(12)13/h2-4,7,10-11,20H,5-6,8-9H2,1H3. The number of hydrogen-bond donors (Lipinski definition) is 1. The van der Waals surface area contributed by atoms with Gasteiger partial charge in [-0.3, -0.25) is 9.20 Å². The van der Waals surface area contributed by atoms with Crippen molar-refractivity contribution in [1.82, 2.24) is 14.3 Å². The first-order chi connectivity index (χ1) is 10.1. The third-order valence-electron chi connectivity index (χ3n) is 4.19. The zero-order valence-corrected chi connectivity index (χ0v) is 12.6. The van der Waals surface area contributed by atoms with E-state index < -0.39 is 0 Å². The Morgan fingerprint density at radius 3 is 3.05 bits per heavy atom. The Labute approximate surface area is 128 Å². The Balaban J connectivity index is 1.98. The van der Waals surface area contributed by atoms with Gasteiger partial charge in [-0.2, -0.15) is 0 Å². The molecule has 0 aromatic carbocycles. The van der Waals surface area contributed by atoms with Gasteiger partial charge in [-0.1, -0.05) is 17.7 Å². The van der Waals surface area contributed by atoms with Gasteiger partial charge >= 0.3 is 0 Å². The van der Waals surface area contributed by atoms with Gasteiger partial charge in [-0.15, -0.1) is 0 Å². The van der Waals surface area contributed by atoms with E-state index in [2.05, 4.69) is 4.98 Å². The third-order valence-corrected chi connectivity index (χ3v) is 4.45. The quantitative estimate of drug-likeness (QED) is 0.925. The number of pyridine rings is 1. The van der Waals surface area contributed by atoms with Crippen LogP contribution in [0, 0.1) is 5.92 Å². The van der Waals surface area contributed by atoms with Crippen molar-refractivity contribution in [2.24, 2.45) is 5.92 Å². The molecule has 112 valence electrons. The van der Waals surface area contributed by atoms with Gasteiger partial charge in [0.25, 0.3) is 5.91 Å². The van der Waals surface area contributed by atoms with Crippen LogP contribution in [0.15, 0.2) is 24.4 Å². The van der Waals surface area contributed by atoms with Crippen LogP contribution in [-0.4, -0.2) is 44.5 Å². The minimum Gasteiger partial charge on any atom is -0.396 e. The van der Waals surface area contributed by atoms with E-state index in [1.807, 2.05) is 25.1 Å². The fourth-order valence-corrected chi connectivity index (χ4v) is 3.17. The van der Waals surface area contributed by atoms with Crippen molar-refractivity contribution in [3.63, 3.8) is 0 Å². The van der Waals surface area contributed by atoms with Crippen LogP contribution in [0.3, 0.4) is 0 Å². The lowest BCUT2D eigenvalue weighted by Gasteiger charge is -2.37. The van der Waals surface area contributed by atoms with Gasteiger partial charge in [0, 0.05) is 25.4 Å². The number of halogens is 1. The van der Waals surface area contributed by atoms with Crippen molar-refractivity contribution in [2.45, 2.75) is 25.8 Å². The first-order valence-corrected chi connectivity index (χ1v) is 7.54. The average molecular weight is 308 g/mol. The second-order valence-electron chi connectivity index (χ2n) is 5.61. The minimum absolute atomic E-state index is 0.109. The van der Waals surface area contributed by atoms with Gasteiger partial charge in [-0.25, -0.2) is 4.98 Å². The van der Waals surface area contributed by atoms with E-state index in [0.29, 0.717) is 17.9 Å². The van der Waals surface area contributed by atoms with Crippen LogP contribution in [0.5, 0.6) is 0 Å². The summed E-state index contributed by atoms with van der Waals surface area (Å²) < 4.78 is 1.72. The summed E-state index contributed by atoms with van der Waals surface area (Å²) in [5, 5.41) is 9.58. The molecule has 3 heterocycles. The number of amides is 1. The highest BCUT2D eigenvalue weighted by molar-refractivity contribution is 6.32. The molecule has 2 atom stereocenters. The number of piperidine rings is 1. The Bertz CT molecular complexity index is 670. The number of hydrogen-bond acceptors (Lipinski definition) is 3. The Kier molecular flexibility index (Phi) is 3.87. The van der Waals surface area contributed by atoms with Crippen LogP contribution in [0.25, 0.3) is 5.65 Å². The Morgan fingerprint density at radius 2 is 2.29 bits per heavy atom. The summed E-state index contributed by atoms with van der Waals surface area (Å²) in [5.74, 6) is 0.0208. The molecule has 1 fully saturated rings. The van der Waals surface area contributed by atoms with Crippen molar-refractivity contribution in [3.05, 3.63) is 35.2 Å². The van der Waals surface area contributed by atoms with Gasteiger partial charge in [0.15, 0.2) is 10.8 Å². The maximum atomic E-state index is 12.9. The molecule has 1 aliphatic rings. The van der Waals surface area contributed by atoms with Crippen LogP contribution in [-0.2, 0) is 0 Å². The molecule has 2 unspecified atom stereocenters. The number of carbonyl (C=O) groups is 1. The molecule has 1 aliphatic heterocycles. The van der Waals surface area contributed by atoms with E-state index in [4.69, 9.17) is 11.6 Å². The highest BCUT2D eigenvalue weighted by atomic mass is 35.5. The SMILES string of the molecule is CC1CCC(CO)CN1C(=O)c1c(Cl)nc2ccccn12. The van der Waals surface area contributed by atoms with Crippen LogP contribution < -0.4 is 0 Å². The summed E-state index contributed by atoms with van der Waals surface area (Å²) in [5.41, 5.74) is 1.06. The third kappa shape index (κ3) is 2.51. The molecule has 0 radical (unpaired) electrons. The monoisotopic (exact) mass is 307 g/mol. The van der Waals surface area contributed by atoms with E-state index in [1.54, 1.807) is 15.5 Å². The first kappa shape index (κ1) is 14.4. The molecule has 2 aromatic rings. The van der Waals surface area contributed by atoms with Crippen LogP contribution in [0.2, 0.25) is 5.15 Å². The maximum absolute atomic E-state index is 12.9. The molecule has 0 aliphatic carbocycles. The number of carbonyl (C=O) groups excluding carboxylic acids is 1. The van der Waals surface area contributed by atoms with Crippen LogP contribution in [0.4, 0.5) is 0 Å². The maximum Gasteiger partial charge on any atom is 0.274 e. The first-order valence-electron chi connectivity index (χ1n) is 7.16. The summed E-state index contributed by atoms with van der Waals surface area (Å²) in [4.78, 5) is 18.9. The number of imidazole rings is 1. The number of aromatic nitrogens is 2. The van der Waals surface area contributed by atoms with Gasteiger partial charge in [-0.05, 0) is 37.8 Å². The van der Waals surface area contributed by atoms with E-state index in [0.717, 1.165) is 12.8 Å². The van der Waals surface area contributed by atoms with Gasteiger partial charge < -0.3 is 10.0 Å². The Hall–Kier alpha value is -1.59. The summed E-state index contributed by atoms with van der Waals surface area (Å²) in [6, 6.07) is 5.67. The zero-order valence-electron chi connectivity index (χ0n) is 11.9. The summed E-state index contributed by atoms with van der Waals surface area (Å²) in [6.45, 7) is 2.70. The molecule has 1 saturated heterocycles. The average Bonchev–Trinajstić information content (AvgIpc) is 2.83.